The molecule has 0 atom stereocenters. The number of hydrogen-bond acceptors (Lipinski definition) is 5. The predicted octanol–water partition coefficient (Wildman–Crippen LogP) is 3.60. The summed E-state index contributed by atoms with van der Waals surface area (Å²) in [5, 5.41) is 4.33. The average Bonchev–Trinajstić information content (AvgIpc) is 2.42. The molecule has 138 valence electrons. The molecule has 1 aliphatic heterocycles. The second kappa shape index (κ2) is 6.61. The Balaban J connectivity index is 2.25. The van der Waals surface area contributed by atoms with Crippen LogP contribution >= 0.6 is 11.6 Å². The highest BCUT2D eigenvalue weighted by Crippen LogP contribution is 2.37. The van der Waals surface area contributed by atoms with Gasteiger partial charge in [-0.15, -0.1) is 0 Å². The second-order valence-corrected chi connectivity index (χ2v) is 9.44. The number of rotatable bonds is 3. The maximum Gasteiger partial charge on any atom is 0.358 e. The molecule has 0 bridgehead atoms. The first-order chi connectivity index (χ1) is 11.3. The summed E-state index contributed by atoms with van der Waals surface area (Å²) in [6, 6.07) is 5.68. The Kier molecular flexibility index (Phi) is 5.21. The maximum atomic E-state index is 12.2. The number of piperidine rings is 1. The number of amides is 1. The number of likely N-dealkylation sites (tertiary alicyclic amines) is 1. The third kappa shape index (κ3) is 4.33. The number of oxime groups is 1. The van der Waals surface area contributed by atoms with Gasteiger partial charge in [-0.05, 0) is 52.0 Å². The second-order valence-electron chi connectivity index (χ2n) is 7.47. The lowest BCUT2D eigenvalue weighted by molar-refractivity contribution is -0.142. The summed E-state index contributed by atoms with van der Waals surface area (Å²) in [5.41, 5.74) is -0.371. The molecule has 0 spiro atoms. The zero-order chi connectivity index (χ0) is 19.0. The Morgan fingerprint density at radius 2 is 1.60 bits per heavy atom. The molecule has 2 rings (SSSR count). The van der Waals surface area contributed by atoms with Crippen molar-refractivity contribution in [1.29, 1.82) is 0 Å². The molecule has 0 aliphatic carbocycles. The van der Waals surface area contributed by atoms with Gasteiger partial charge in [0, 0.05) is 35.9 Å². The molecule has 0 N–H and O–H groups in total. The van der Waals surface area contributed by atoms with Crippen LogP contribution in [0.15, 0.2) is 34.3 Å². The van der Waals surface area contributed by atoms with Crippen molar-refractivity contribution in [2.45, 2.75) is 63.4 Å². The number of carbonyl (C=O) groups excluding carboxylic acids is 1. The van der Waals surface area contributed by atoms with E-state index in [2.05, 4.69) is 5.16 Å². The fourth-order valence-electron chi connectivity index (χ4n) is 3.70. The Hall–Kier alpha value is -1.60. The van der Waals surface area contributed by atoms with Crippen molar-refractivity contribution in [3.05, 3.63) is 29.3 Å². The van der Waals surface area contributed by atoms with Crippen LogP contribution in [-0.2, 0) is 19.2 Å². The Morgan fingerprint density at radius 1 is 1.12 bits per heavy atom. The van der Waals surface area contributed by atoms with E-state index in [0.29, 0.717) is 23.6 Å². The van der Waals surface area contributed by atoms with Gasteiger partial charge in [-0.1, -0.05) is 16.8 Å². The number of nitrogens with zero attached hydrogens (tertiary/aromatic N) is 2. The van der Waals surface area contributed by atoms with Crippen molar-refractivity contribution in [1.82, 2.24) is 4.90 Å². The van der Waals surface area contributed by atoms with E-state index in [1.165, 1.54) is 31.2 Å². The smallest absolute Gasteiger partial charge is 0.332 e. The largest absolute Gasteiger partial charge is 0.358 e. The van der Waals surface area contributed by atoms with Gasteiger partial charge in [0.05, 0.1) is 5.71 Å². The highest BCUT2D eigenvalue weighted by Gasteiger charge is 2.45. The molecule has 25 heavy (non-hydrogen) atoms. The van der Waals surface area contributed by atoms with E-state index in [0.717, 1.165) is 0 Å². The van der Waals surface area contributed by atoms with E-state index < -0.39 is 21.2 Å². The summed E-state index contributed by atoms with van der Waals surface area (Å²) >= 11 is 5.77. The van der Waals surface area contributed by atoms with Crippen LogP contribution in [0.25, 0.3) is 0 Å². The Morgan fingerprint density at radius 3 is 2.04 bits per heavy atom. The van der Waals surface area contributed by atoms with E-state index in [4.69, 9.17) is 15.9 Å². The van der Waals surface area contributed by atoms with E-state index in [1.807, 2.05) is 32.6 Å². The normalized spacial score (nSPS) is 19.4. The molecule has 0 saturated carbocycles. The molecule has 0 aromatic heterocycles. The van der Waals surface area contributed by atoms with Gasteiger partial charge in [-0.25, -0.2) is 0 Å². The van der Waals surface area contributed by atoms with E-state index >= 15 is 0 Å². The van der Waals surface area contributed by atoms with Crippen molar-refractivity contribution in [3.63, 3.8) is 0 Å². The van der Waals surface area contributed by atoms with Crippen LogP contribution in [0.3, 0.4) is 0 Å². The third-order valence-corrected chi connectivity index (χ3v) is 5.54. The van der Waals surface area contributed by atoms with Crippen LogP contribution in [0.4, 0.5) is 0 Å². The van der Waals surface area contributed by atoms with Crippen LogP contribution in [-0.4, -0.2) is 36.0 Å². The molecular weight excluding hydrogens is 364 g/mol. The molecule has 8 heteroatoms. The number of halogens is 1. The summed E-state index contributed by atoms with van der Waals surface area (Å²) in [7, 11) is -4.01. The summed E-state index contributed by atoms with van der Waals surface area (Å²) in [4.78, 5) is 13.8. The summed E-state index contributed by atoms with van der Waals surface area (Å²) in [6.07, 6.45) is 0.873. The van der Waals surface area contributed by atoms with Gasteiger partial charge in [-0.3, -0.25) is 9.08 Å². The van der Waals surface area contributed by atoms with Crippen molar-refractivity contribution in [3.8, 4) is 0 Å². The van der Waals surface area contributed by atoms with Crippen LogP contribution in [0.5, 0.6) is 0 Å². The molecule has 1 heterocycles. The Bertz CT molecular complexity index is 778. The summed E-state index contributed by atoms with van der Waals surface area (Å²) in [6.45, 7) is 9.25. The molecule has 6 nitrogen and oxygen atoms in total. The topological polar surface area (TPSA) is 76.0 Å². The minimum atomic E-state index is -4.01. The van der Waals surface area contributed by atoms with Crippen LogP contribution in [0.1, 0.15) is 47.5 Å². The van der Waals surface area contributed by atoms with E-state index in [-0.39, 0.29) is 10.8 Å². The van der Waals surface area contributed by atoms with Gasteiger partial charge in [0.2, 0.25) is 5.91 Å². The molecule has 1 aromatic carbocycles. The lowest BCUT2D eigenvalue weighted by Crippen LogP contribution is -2.62. The number of benzene rings is 1. The molecular formula is C17H23ClN2O4S. The summed E-state index contributed by atoms with van der Waals surface area (Å²) < 4.78 is 29.4. The van der Waals surface area contributed by atoms with Gasteiger partial charge < -0.3 is 4.90 Å². The van der Waals surface area contributed by atoms with Gasteiger partial charge >= 0.3 is 10.1 Å². The number of carbonyl (C=O) groups is 1. The van der Waals surface area contributed by atoms with Gasteiger partial charge in [0.15, 0.2) is 0 Å². The van der Waals surface area contributed by atoms with Gasteiger partial charge in [-0.2, -0.15) is 8.42 Å². The first-order valence-electron chi connectivity index (χ1n) is 7.91. The van der Waals surface area contributed by atoms with E-state index in [1.54, 1.807) is 0 Å². The van der Waals surface area contributed by atoms with Crippen molar-refractivity contribution in [2.24, 2.45) is 5.16 Å². The van der Waals surface area contributed by atoms with Crippen molar-refractivity contribution >= 4 is 33.3 Å². The van der Waals surface area contributed by atoms with Crippen LogP contribution in [0.2, 0.25) is 5.02 Å². The highest BCUT2D eigenvalue weighted by atomic mass is 35.5. The molecule has 1 amide bonds. The summed E-state index contributed by atoms with van der Waals surface area (Å²) in [5.74, 6) is -0.0243. The standard InChI is InChI=1S/C17H23ClN2O4S/c1-12(21)20-16(2,3)10-14(11-17(20,4)5)19-24-25(22,23)15-8-6-13(18)7-9-15/h6-9H,10-11H2,1-5H3. The maximum absolute atomic E-state index is 12.2. The van der Waals surface area contributed by atoms with Crippen LogP contribution in [0, 0.1) is 0 Å². The van der Waals surface area contributed by atoms with Gasteiger partial charge in [0.1, 0.15) is 4.90 Å². The zero-order valence-electron chi connectivity index (χ0n) is 15.0. The first-order valence-corrected chi connectivity index (χ1v) is 9.70. The zero-order valence-corrected chi connectivity index (χ0v) is 16.6. The third-order valence-electron chi connectivity index (χ3n) is 4.17. The fourth-order valence-corrected chi connectivity index (χ4v) is 4.59. The quantitative estimate of drug-likeness (QED) is 0.743. The highest BCUT2D eigenvalue weighted by molar-refractivity contribution is 7.86. The Labute approximate surface area is 153 Å². The van der Waals surface area contributed by atoms with E-state index in [9.17, 15) is 13.2 Å². The van der Waals surface area contributed by atoms with Crippen LogP contribution < -0.4 is 0 Å². The lowest BCUT2D eigenvalue weighted by atomic mass is 9.78. The minimum Gasteiger partial charge on any atom is -0.332 e. The number of hydrogen-bond donors (Lipinski definition) is 0. The molecule has 1 saturated heterocycles. The average molecular weight is 387 g/mol. The minimum absolute atomic E-state index is 0.0130. The fraction of sp³-hybridized carbons (Fsp3) is 0.529. The molecule has 0 unspecified atom stereocenters. The monoisotopic (exact) mass is 386 g/mol. The SMILES string of the molecule is CC(=O)N1C(C)(C)CC(=NOS(=O)(=O)c2ccc(Cl)cc2)CC1(C)C. The molecule has 0 radical (unpaired) electrons. The molecule has 1 aliphatic rings. The van der Waals surface area contributed by atoms with Crippen molar-refractivity contribution in [2.75, 3.05) is 0 Å². The predicted molar refractivity (Wildman–Crippen MR) is 97.1 cm³/mol. The first kappa shape index (κ1) is 19.7. The van der Waals surface area contributed by atoms with Crippen molar-refractivity contribution < 1.29 is 17.5 Å². The molecule has 1 aromatic rings. The van der Waals surface area contributed by atoms with Gasteiger partial charge in [0.25, 0.3) is 0 Å². The lowest BCUT2D eigenvalue weighted by Gasteiger charge is -2.52. The molecule has 1 fully saturated rings.